The fourth-order valence-corrected chi connectivity index (χ4v) is 2.84. The molecule has 1 amide bonds. The Balaban J connectivity index is 1.70. The Morgan fingerprint density at radius 3 is 2.80 bits per heavy atom. The van der Waals surface area contributed by atoms with Crippen LogP contribution in [0.15, 0.2) is 36.5 Å². The molecule has 7 nitrogen and oxygen atoms in total. The minimum absolute atomic E-state index is 0.0105. The fourth-order valence-electron chi connectivity index (χ4n) is 2.68. The number of carbonyl (C=O) groups is 1. The van der Waals surface area contributed by atoms with Crippen LogP contribution in [0.3, 0.4) is 0 Å². The Hall–Kier alpha value is -2.74. The molecule has 25 heavy (non-hydrogen) atoms. The van der Waals surface area contributed by atoms with Gasteiger partial charge in [-0.3, -0.25) is 14.9 Å². The molecular formula is C16H14ClFN4O3. The van der Waals surface area contributed by atoms with Crippen molar-refractivity contribution in [1.29, 1.82) is 0 Å². The SMILES string of the molecule is O=C1C(Nc2ncc(Cl)cc2[N+](=O)[O-])CCN1Cc1ccc(F)cc1. The third-order valence-electron chi connectivity index (χ3n) is 3.93. The van der Waals surface area contributed by atoms with Crippen molar-refractivity contribution in [3.63, 3.8) is 0 Å². The van der Waals surface area contributed by atoms with Crippen LogP contribution in [0.1, 0.15) is 12.0 Å². The topological polar surface area (TPSA) is 88.4 Å². The summed E-state index contributed by atoms with van der Waals surface area (Å²) in [4.78, 5) is 28.5. The van der Waals surface area contributed by atoms with Crippen molar-refractivity contribution >= 4 is 29.0 Å². The van der Waals surface area contributed by atoms with Gasteiger partial charge in [0.05, 0.1) is 9.95 Å². The quantitative estimate of drug-likeness (QED) is 0.650. The molecule has 2 aromatic rings. The monoisotopic (exact) mass is 364 g/mol. The number of pyridine rings is 1. The summed E-state index contributed by atoms with van der Waals surface area (Å²) in [5.74, 6) is -0.510. The van der Waals surface area contributed by atoms with E-state index in [1.54, 1.807) is 17.0 Å². The second-order valence-electron chi connectivity index (χ2n) is 5.65. The highest BCUT2D eigenvalue weighted by molar-refractivity contribution is 6.30. The zero-order chi connectivity index (χ0) is 18.0. The van der Waals surface area contributed by atoms with Crippen LogP contribution in [0.25, 0.3) is 0 Å². The first-order valence-corrected chi connectivity index (χ1v) is 7.91. The van der Waals surface area contributed by atoms with Crippen molar-refractivity contribution in [2.24, 2.45) is 0 Å². The van der Waals surface area contributed by atoms with Gasteiger partial charge in [-0.25, -0.2) is 9.37 Å². The Morgan fingerprint density at radius 2 is 2.12 bits per heavy atom. The number of halogens is 2. The van der Waals surface area contributed by atoms with Gasteiger partial charge in [0.25, 0.3) is 0 Å². The van der Waals surface area contributed by atoms with Crippen LogP contribution < -0.4 is 5.32 Å². The fraction of sp³-hybridized carbons (Fsp3) is 0.250. The standard InChI is InChI=1S/C16H14ClFN4O3/c17-11-7-14(22(24)25)15(19-8-11)20-13-5-6-21(16(13)23)9-10-1-3-12(18)4-2-10/h1-4,7-8,13H,5-6,9H2,(H,19,20). The number of nitro groups is 1. The molecule has 1 aliphatic heterocycles. The van der Waals surface area contributed by atoms with Gasteiger partial charge in [0.2, 0.25) is 11.7 Å². The van der Waals surface area contributed by atoms with Crippen LogP contribution in [0, 0.1) is 15.9 Å². The molecule has 0 aliphatic carbocycles. The number of aromatic nitrogens is 1. The summed E-state index contributed by atoms with van der Waals surface area (Å²) in [5.41, 5.74) is 0.531. The first-order valence-electron chi connectivity index (χ1n) is 7.54. The largest absolute Gasteiger partial charge is 0.353 e. The van der Waals surface area contributed by atoms with E-state index in [0.717, 1.165) is 5.56 Å². The van der Waals surface area contributed by atoms with Gasteiger partial charge in [-0.2, -0.15) is 0 Å². The minimum Gasteiger partial charge on any atom is -0.353 e. The molecule has 130 valence electrons. The second-order valence-corrected chi connectivity index (χ2v) is 6.09. The molecule has 1 atom stereocenters. The van der Waals surface area contributed by atoms with Gasteiger partial charge in [0.15, 0.2) is 0 Å². The van der Waals surface area contributed by atoms with Crippen LogP contribution >= 0.6 is 11.6 Å². The summed E-state index contributed by atoms with van der Waals surface area (Å²) < 4.78 is 13.0. The Labute approximate surface area is 147 Å². The average molecular weight is 365 g/mol. The molecule has 1 saturated heterocycles. The minimum atomic E-state index is -0.604. The number of nitrogens with zero attached hydrogens (tertiary/aromatic N) is 3. The highest BCUT2D eigenvalue weighted by atomic mass is 35.5. The van der Waals surface area contributed by atoms with E-state index in [1.807, 2.05) is 0 Å². The summed E-state index contributed by atoms with van der Waals surface area (Å²) in [6.45, 7) is 0.850. The molecular weight excluding hydrogens is 351 g/mol. The van der Waals surface area contributed by atoms with Crippen LogP contribution in [0.4, 0.5) is 15.9 Å². The Bertz CT molecular complexity index is 816. The van der Waals surface area contributed by atoms with Crippen molar-refractivity contribution in [3.8, 4) is 0 Å². The second kappa shape index (κ2) is 7.02. The van der Waals surface area contributed by atoms with E-state index in [-0.39, 0.29) is 28.3 Å². The lowest BCUT2D eigenvalue weighted by Crippen LogP contribution is -2.33. The first kappa shape index (κ1) is 17.1. The molecule has 1 aromatic heterocycles. The van der Waals surface area contributed by atoms with E-state index in [9.17, 15) is 19.3 Å². The lowest BCUT2D eigenvalue weighted by molar-refractivity contribution is -0.384. The van der Waals surface area contributed by atoms with Crippen molar-refractivity contribution in [2.75, 3.05) is 11.9 Å². The highest BCUT2D eigenvalue weighted by Crippen LogP contribution is 2.27. The summed E-state index contributed by atoms with van der Waals surface area (Å²) >= 11 is 5.73. The number of hydrogen-bond donors (Lipinski definition) is 1. The average Bonchev–Trinajstić information content (AvgIpc) is 2.91. The highest BCUT2D eigenvalue weighted by Gasteiger charge is 2.33. The third-order valence-corrected chi connectivity index (χ3v) is 4.13. The molecule has 1 N–H and O–H groups in total. The molecule has 1 unspecified atom stereocenters. The van der Waals surface area contributed by atoms with Crippen molar-refractivity contribution in [1.82, 2.24) is 9.88 Å². The van der Waals surface area contributed by atoms with Gasteiger partial charge >= 0.3 is 5.69 Å². The van der Waals surface area contributed by atoms with Crippen LogP contribution in [-0.2, 0) is 11.3 Å². The van der Waals surface area contributed by atoms with Gasteiger partial charge in [0, 0.05) is 25.4 Å². The number of hydrogen-bond acceptors (Lipinski definition) is 5. The van der Waals surface area contributed by atoms with E-state index in [1.165, 1.54) is 24.4 Å². The van der Waals surface area contributed by atoms with E-state index < -0.39 is 11.0 Å². The maximum absolute atomic E-state index is 13.0. The van der Waals surface area contributed by atoms with E-state index >= 15 is 0 Å². The predicted octanol–water partition coefficient (Wildman–Crippen LogP) is 3.00. The number of benzene rings is 1. The zero-order valence-corrected chi connectivity index (χ0v) is 13.7. The molecule has 1 fully saturated rings. The normalized spacial score (nSPS) is 17.0. The van der Waals surface area contributed by atoms with Crippen molar-refractivity contribution < 1.29 is 14.1 Å². The first-order chi connectivity index (χ1) is 11.9. The zero-order valence-electron chi connectivity index (χ0n) is 13.0. The molecule has 9 heteroatoms. The number of nitrogens with one attached hydrogen (secondary N) is 1. The summed E-state index contributed by atoms with van der Waals surface area (Å²) in [7, 11) is 0. The number of anilines is 1. The molecule has 3 rings (SSSR count). The molecule has 0 bridgehead atoms. The smallest absolute Gasteiger partial charge is 0.312 e. The van der Waals surface area contributed by atoms with Crippen LogP contribution in [0.2, 0.25) is 5.02 Å². The Kier molecular flexibility index (Phi) is 4.80. The number of carbonyl (C=O) groups excluding carboxylic acids is 1. The maximum Gasteiger partial charge on any atom is 0.312 e. The van der Waals surface area contributed by atoms with Gasteiger partial charge < -0.3 is 10.2 Å². The molecule has 0 radical (unpaired) electrons. The van der Waals surface area contributed by atoms with Crippen molar-refractivity contribution in [3.05, 3.63) is 63.0 Å². The number of amides is 1. The van der Waals surface area contributed by atoms with Crippen LogP contribution in [-0.4, -0.2) is 33.3 Å². The number of likely N-dealkylation sites (tertiary alicyclic amines) is 1. The van der Waals surface area contributed by atoms with Gasteiger partial charge in [-0.05, 0) is 24.1 Å². The maximum atomic E-state index is 13.0. The van der Waals surface area contributed by atoms with Gasteiger partial charge in [-0.1, -0.05) is 23.7 Å². The van der Waals surface area contributed by atoms with Gasteiger partial charge in [-0.15, -0.1) is 0 Å². The molecule has 0 spiro atoms. The predicted molar refractivity (Wildman–Crippen MR) is 89.7 cm³/mol. The third kappa shape index (κ3) is 3.85. The van der Waals surface area contributed by atoms with E-state index in [4.69, 9.17) is 11.6 Å². The van der Waals surface area contributed by atoms with E-state index in [2.05, 4.69) is 10.3 Å². The van der Waals surface area contributed by atoms with Crippen molar-refractivity contribution in [2.45, 2.75) is 19.0 Å². The summed E-state index contributed by atoms with van der Waals surface area (Å²) in [6.07, 6.45) is 1.77. The Morgan fingerprint density at radius 1 is 1.40 bits per heavy atom. The number of rotatable bonds is 5. The molecule has 2 heterocycles. The van der Waals surface area contributed by atoms with Crippen LogP contribution in [0.5, 0.6) is 0 Å². The summed E-state index contributed by atoms with van der Waals surface area (Å²) in [5, 5.41) is 14.1. The lowest BCUT2D eigenvalue weighted by atomic mass is 10.2. The summed E-state index contributed by atoms with van der Waals surface area (Å²) in [6, 6.07) is 6.50. The molecule has 1 aliphatic rings. The van der Waals surface area contributed by atoms with E-state index in [0.29, 0.717) is 19.5 Å². The van der Waals surface area contributed by atoms with Gasteiger partial charge in [0.1, 0.15) is 11.9 Å². The lowest BCUT2D eigenvalue weighted by Gasteiger charge is -2.17. The molecule has 0 saturated carbocycles. The molecule has 1 aromatic carbocycles.